The number of fused-ring (bicyclic) bond motifs is 1. The van der Waals surface area contributed by atoms with Crippen molar-refractivity contribution in [3.8, 4) is 17.0 Å². The fraction of sp³-hybridized carbons (Fsp3) is 0.391. The number of halogens is 5. The number of nitrogens with zero attached hydrogens (tertiary/aromatic N) is 2. The number of rotatable bonds is 7. The van der Waals surface area contributed by atoms with E-state index >= 15 is 0 Å². The summed E-state index contributed by atoms with van der Waals surface area (Å²) in [6.45, 7) is 5.79. The third-order valence-electron chi connectivity index (χ3n) is 4.91. The first-order chi connectivity index (χ1) is 14.9. The Labute approximate surface area is 182 Å². The molecule has 4 nitrogen and oxygen atoms in total. The minimum atomic E-state index is -4.51. The van der Waals surface area contributed by atoms with Gasteiger partial charge in [-0.2, -0.15) is 13.2 Å². The van der Waals surface area contributed by atoms with Crippen LogP contribution in [0.5, 0.6) is 5.88 Å². The highest BCUT2D eigenvalue weighted by Gasteiger charge is 2.31. The summed E-state index contributed by atoms with van der Waals surface area (Å²) in [5.74, 6) is 0.0817. The molecule has 32 heavy (non-hydrogen) atoms. The second kappa shape index (κ2) is 8.97. The van der Waals surface area contributed by atoms with Gasteiger partial charge in [-0.15, -0.1) is 0 Å². The summed E-state index contributed by atoms with van der Waals surface area (Å²) < 4.78 is 72.1. The second-order valence-electron chi connectivity index (χ2n) is 8.55. The van der Waals surface area contributed by atoms with E-state index in [0.29, 0.717) is 28.9 Å². The molecule has 0 fully saturated rings. The number of nitrogens with two attached hydrogens (primary N) is 1. The summed E-state index contributed by atoms with van der Waals surface area (Å²) in [5.41, 5.74) is 5.08. The van der Waals surface area contributed by atoms with Gasteiger partial charge in [0.25, 0.3) is 6.43 Å². The van der Waals surface area contributed by atoms with Gasteiger partial charge in [-0.1, -0.05) is 19.9 Å². The molecule has 0 aliphatic carbocycles. The predicted octanol–water partition coefficient (Wildman–Crippen LogP) is 6.40. The molecule has 0 aliphatic rings. The lowest BCUT2D eigenvalue weighted by molar-refractivity contribution is -0.137. The molecule has 9 heteroatoms. The molecule has 0 spiro atoms. The van der Waals surface area contributed by atoms with Gasteiger partial charge in [0.05, 0.1) is 16.6 Å². The Morgan fingerprint density at radius 2 is 1.78 bits per heavy atom. The monoisotopic (exact) mass is 453 g/mol. The molecule has 172 valence electrons. The number of alkyl halides is 5. The second-order valence-corrected chi connectivity index (χ2v) is 8.55. The largest absolute Gasteiger partial charge is 0.475 e. The molecule has 2 aromatic heterocycles. The first-order valence-corrected chi connectivity index (χ1v) is 10.0. The van der Waals surface area contributed by atoms with Crippen molar-refractivity contribution in [3.63, 3.8) is 0 Å². The first-order valence-electron chi connectivity index (χ1n) is 10.0. The predicted molar refractivity (Wildman–Crippen MR) is 112 cm³/mol. The molecule has 0 bridgehead atoms. The molecule has 0 radical (unpaired) electrons. The van der Waals surface area contributed by atoms with E-state index < -0.39 is 29.3 Å². The van der Waals surface area contributed by atoms with E-state index in [2.05, 4.69) is 9.97 Å². The maximum absolute atomic E-state index is 13.8. The van der Waals surface area contributed by atoms with Crippen LogP contribution in [0.15, 0.2) is 42.7 Å². The molecule has 1 aromatic carbocycles. The maximum atomic E-state index is 13.8. The fourth-order valence-corrected chi connectivity index (χ4v) is 3.69. The maximum Gasteiger partial charge on any atom is 0.416 e. The van der Waals surface area contributed by atoms with Crippen LogP contribution in [-0.4, -0.2) is 22.1 Å². The van der Waals surface area contributed by atoms with Gasteiger partial charge in [0, 0.05) is 28.9 Å². The molecule has 1 atom stereocenters. The van der Waals surface area contributed by atoms with E-state index in [0.717, 1.165) is 12.1 Å². The number of aromatic nitrogens is 2. The van der Waals surface area contributed by atoms with E-state index in [1.54, 1.807) is 13.0 Å². The van der Waals surface area contributed by atoms with E-state index in [-0.39, 0.29) is 18.0 Å². The van der Waals surface area contributed by atoms with Gasteiger partial charge in [-0.25, -0.2) is 13.8 Å². The van der Waals surface area contributed by atoms with Gasteiger partial charge in [0.15, 0.2) is 0 Å². The SMILES string of the molecule is CC(C)CC(C)(N)COc1ncc(-c2ccnc3cc(C(F)(F)F)ccc23)cc1C(F)F. The van der Waals surface area contributed by atoms with Crippen LogP contribution in [0.3, 0.4) is 0 Å². The van der Waals surface area contributed by atoms with Crippen LogP contribution in [0.4, 0.5) is 22.0 Å². The number of ether oxygens (including phenoxy) is 1. The van der Waals surface area contributed by atoms with E-state index in [1.165, 1.54) is 24.5 Å². The highest BCUT2D eigenvalue weighted by atomic mass is 19.4. The van der Waals surface area contributed by atoms with Crippen molar-refractivity contribution in [2.45, 2.75) is 45.3 Å². The van der Waals surface area contributed by atoms with Crippen LogP contribution in [0.25, 0.3) is 22.0 Å². The van der Waals surface area contributed by atoms with Crippen molar-refractivity contribution < 1.29 is 26.7 Å². The molecule has 2 N–H and O–H groups in total. The third kappa shape index (κ3) is 5.51. The van der Waals surface area contributed by atoms with Crippen LogP contribution in [0.2, 0.25) is 0 Å². The molecule has 3 rings (SSSR count). The fourth-order valence-electron chi connectivity index (χ4n) is 3.69. The standard InChI is InChI=1S/C23H24F5N3O/c1-13(2)10-22(3,29)12-32-21-18(20(24)25)8-14(11-31-21)16-6-7-30-19-9-15(23(26,27)28)4-5-17(16)19/h4-9,11,13,20H,10,12,29H2,1-3H3. The number of hydrogen-bond donors (Lipinski definition) is 1. The van der Waals surface area contributed by atoms with Crippen molar-refractivity contribution in [1.82, 2.24) is 9.97 Å². The zero-order chi connectivity index (χ0) is 23.7. The molecule has 0 amide bonds. The summed E-state index contributed by atoms with van der Waals surface area (Å²) in [4.78, 5) is 8.05. The summed E-state index contributed by atoms with van der Waals surface area (Å²) in [7, 11) is 0. The number of hydrogen-bond acceptors (Lipinski definition) is 4. The Bertz CT molecular complexity index is 1100. The van der Waals surface area contributed by atoms with E-state index in [1.807, 2.05) is 13.8 Å². The molecule has 1 unspecified atom stereocenters. The van der Waals surface area contributed by atoms with Gasteiger partial charge in [0.2, 0.25) is 5.88 Å². The van der Waals surface area contributed by atoms with Crippen molar-refractivity contribution in [3.05, 3.63) is 53.9 Å². The Balaban J connectivity index is 1.97. The molecule has 0 aliphatic heterocycles. The van der Waals surface area contributed by atoms with Crippen molar-refractivity contribution in [1.29, 1.82) is 0 Å². The van der Waals surface area contributed by atoms with Crippen molar-refractivity contribution in [2.24, 2.45) is 11.7 Å². The average molecular weight is 453 g/mol. The Kier molecular flexibility index (Phi) is 6.69. The lowest BCUT2D eigenvalue weighted by atomic mass is 9.93. The summed E-state index contributed by atoms with van der Waals surface area (Å²) >= 11 is 0. The van der Waals surface area contributed by atoms with Crippen molar-refractivity contribution >= 4 is 10.9 Å². The highest BCUT2D eigenvalue weighted by Crippen LogP contribution is 2.36. The van der Waals surface area contributed by atoms with E-state index in [9.17, 15) is 22.0 Å². The lowest BCUT2D eigenvalue weighted by Gasteiger charge is -2.26. The van der Waals surface area contributed by atoms with Gasteiger partial charge >= 0.3 is 6.18 Å². The molecule has 2 heterocycles. The normalized spacial score (nSPS) is 14.2. The summed E-state index contributed by atoms with van der Waals surface area (Å²) in [5, 5.41) is 0.391. The summed E-state index contributed by atoms with van der Waals surface area (Å²) in [6, 6.07) is 5.91. The number of pyridine rings is 2. The molecular formula is C23H24F5N3O. The minimum absolute atomic E-state index is 0.00958. The van der Waals surface area contributed by atoms with E-state index in [4.69, 9.17) is 10.5 Å². The first kappa shape index (κ1) is 23.8. The topological polar surface area (TPSA) is 61.0 Å². The number of benzene rings is 1. The van der Waals surface area contributed by atoms with Crippen LogP contribution in [0.1, 0.15) is 44.7 Å². The van der Waals surface area contributed by atoms with Crippen LogP contribution in [0, 0.1) is 5.92 Å². The Morgan fingerprint density at radius 3 is 2.41 bits per heavy atom. The Hall–Kier alpha value is -2.81. The zero-order valence-electron chi connectivity index (χ0n) is 17.9. The van der Waals surface area contributed by atoms with Crippen molar-refractivity contribution in [2.75, 3.05) is 6.61 Å². The minimum Gasteiger partial charge on any atom is -0.475 e. The van der Waals surface area contributed by atoms with Crippen LogP contribution >= 0.6 is 0 Å². The molecule has 0 saturated carbocycles. The third-order valence-corrected chi connectivity index (χ3v) is 4.91. The quantitative estimate of drug-likeness (QED) is 0.421. The summed E-state index contributed by atoms with van der Waals surface area (Å²) in [6.07, 6.45) is -4.06. The van der Waals surface area contributed by atoms with Crippen LogP contribution in [-0.2, 0) is 6.18 Å². The van der Waals surface area contributed by atoms with Gasteiger partial charge in [0.1, 0.15) is 6.61 Å². The smallest absolute Gasteiger partial charge is 0.416 e. The molecule has 0 saturated heterocycles. The lowest BCUT2D eigenvalue weighted by Crippen LogP contribution is -2.43. The molecule has 3 aromatic rings. The molecular weight excluding hydrogens is 429 g/mol. The van der Waals surface area contributed by atoms with Gasteiger partial charge in [-0.3, -0.25) is 4.98 Å². The average Bonchev–Trinajstić information content (AvgIpc) is 2.69. The van der Waals surface area contributed by atoms with Gasteiger partial charge in [-0.05, 0) is 49.1 Å². The zero-order valence-corrected chi connectivity index (χ0v) is 17.9. The van der Waals surface area contributed by atoms with Gasteiger partial charge < -0.3 is 10.5 Å². The highest BCUT2D eigenvalue weighted by molar-refractivity contribution is 5.94. The Morgan fingerprint density at radius 1 is 1.06 bits per heavy atom. The van der Waals surface area contributed by atoms with Crippen LogP contribution < -0.4 is 10.5 Å².